The number of hydrogen-bond donors (Lipinski definition) is 1. The minimum atomic E-state index is 0. The third kappa shape index (κ3) is 4.84. The van der Waals surface area contributed by atoms with Gasteiger partial charge in [0.1, 0.15) is 12.4 Å². The molecule has 1 heterocycles. The Kier molecular flexibility index (Phi) is 7.18. The zero-order valence-electron chi connectivity index (χ0n) is 15.2. The number of rotatable bonds is 7. The first-order valence-corrected chi connectivity index (χ1v) is 8.44. The number of aromatic nitrogens is 2. The van der Waals surface area contributed by atoms with E-state index in [4.69, 9.17) is 9.26 Å². The quantitative estimate of drug-likeness (QED) is 0.672. The number of nitrogens with zero attached hydrogens (tertiary/aromatic N) is 2. The van der Waals surface area contributed by atoms with Crippen LogP contribution in [0.25, 0.3) is 11.5 Å². The summed E-state index contributed by atoms with van der Waals surface area (Å²) >= 11 is 0. The largest absolute Gasteiger partial charge is 0.488 e. The van der Waals surface area contributed by atoms with Gasteiger partial charge in [0.15, 0.2) is 5.82 Å². The lowest BCUT2D eigenvalue weighted by molar-refractivity contribution is 0.305. The average Bonchev–Trinajstić information content (AvgIpc) is 3.09. The second-order valence-corrected chi connectivity index (χ2v) is 6.12. The number of ether oxygens (including phenoxy) is 1. The Labute approximate surface area is 160 Å². The molecule has 5 nitrogen and oxygen atoms in total. The van der Waals surface area contributed by atoms with Crippen molar-refractivity contribution in [1.82, 2.24) is 15.5 Å². The summed E-state index contributed by atoms with van der Waals surface area (Å²) < 4.78 is 11.5. The number of para-hydroxylation sites is 1. The Morgan fingerprint density at radius 1 is 1.12 bits per heavy atom. The van der Waals surface area contributed by atoms with Gasteiger partial charge in [-0.25, -0.2) is 0 Å². The van der Waals surface area contributed by atoms with E-state index in [9.17, 15) is 0 Å². The molecule has 0 fully saturated rings. The number of halogens is 1. The van der Waals surface area contributed by atoms with Gasteiger partial charge in [-0.15, -0.1) is 12.4 Å². The maximum atomic E-state index is 6.03. The van der Waals surface area contributed by atoms with Gasteiger partial charge in [0.05, 0.1) is 5.56 Å². The van der Waals surface area contributed by atoms with Gasteiger partial charge < -0.3 is 14.6 Å². The van der Waals surface area contributed by atoms with Crippen molar-refractivity contribution in [3.8, 4) is 17.2 Å². The lowest BCUT2D eigenvalue weighted by Crippen LogP contribution is -2.24. The Morgan fingerprint density at radius 3 is 2.62 bits per heavy atom. The predicted octanol–water partition coefficient (Wildman–Crippen LogP) is 4.20. The fourth-order valence-corrected chi connectivity index (χ4v) is 2.52. The highest BCUT2D eigenvalue weighted by Gasteiger charge is 2.15. The molecular formula is C20H24ClN3O2. The van der Waals surface area contributed by atoms with Crippen LogP contribution in [0.1, 0.15) is 23.9 Å². The van der Waals surface area contributed by atoms with Crippen molar-refractivity contribution >= 4 is 12.4 Å². The first kappa shape index (κ1) is 19.9. The molecule has 2 aromatic carbocycles. The van der Waals surface area contributed by atoms with E-state index in [0.29, 0.717) is 24.7 Å². The van der Waals surface area contributed by atoms with Crippen LogP contribution in [0.4, 0.5) is 0 Å². The number of nitrogens with one attached hydrogen (secondary N) is 1. The molecule has 0 aliphatic carbocycles. The zero-order valence-corrected chi connectivity index (χ0v) is 16.0. The Hall–Kier alpha value is -2.37. The van der Waals surface area contributed by atoms with Crippen LogP contribution in [0.5, 0.6) is 5.75 Å². The lowest BCUT2D eigenvalue weighted by atomic mass is 10.1. The molecule has 0 amide bonds. The first-order chi connectivity index (χ1) is 12.2. The van der Waals surface area contributed by atoms with Crippen LogP contribution in [-0.4, -0.2) is 23.2 Å². The Bertz CT molecular complexity index is 835. The molecule has 6 heteroatoms. The molecule has 1 N–H and O–H groups in total. The molecule has 26 heavy (non-hydrogen) atoms. The van der Waals surface area contributed by atoms with Crippen molar-refractivity contribution in [2.45, 2.75) is 32.9 Å². The van der Waals surface area contributed by atoms with Crippen molar-refractivity contribution in [3.63, 3.8) is 0 Å². The molecule has 3 aromatic rings. The van der Waals surface area contributed by atoms with Crippen molar-refractivity contribution in [2.75, 3.05) is 7.05 Å². The van der Waals surface area contributed by atoms with Gasteiger partial charge in [-0.05, 0) is 44.2 Å². The highest BCUT2D eigenvalue weighted by Crippen LogP contribution is 2.29. The van der Waals surface area contributed by atoms with Crippen LogP contribution in [0.2, 0.25) is 0 Å². The van der Waals surface area contributed by atoms with E-state index in [1.165, 1.54) is 5.56 Å². The lowest BCUT2D eigenvalue weighted by Gasteiger charge is -2.10. The molecule has 0 bridgehead atoms. The fourth-order valence-electron chi connectivity index (χ4n) is 2.52. The van der Waals surface area contributed by atoms with E-state index in [1.54, 1.807) is 0 Å². The van der Waals surface area contributed by atoms with Crippen molar-refractivity contribution in [3.05, 3.63) is 65.5 Å². The summed E-state index contributed by atoms with van der Waals surface area (Å²) in [5.41, 5.74) is 3.18. The first-order valence-electron chi connectivity index (χ1n) is 8.44. The summed E-state index contributed by atoms with van der Waals surface area (Å²) in [5.74, 6) is 1.91. The fraction of sp³-hybridized carbons (Fsp3) is 0.300. The molecule has 3 rings (SSSR count). The van der Waals surface area contributed by atoms with Crippen LogP contribution in [0.15, 0.2) is 53.1 Å². The van der Waals surface area contributed by atoms with E-state index in [1.807, 2.05) is 43.4 Å². The van der Waals surface area contributed by atoms with Crippen LogP contribution >= 0.6 is 12.4 Å². The SMILES string of the molecule is CNC(C)Cc1noc(-c2ccccc2OCc2ccccc2C)n1.Cl. The molecule has 0 aliphatic heterocycles. The molecule has 1 unspecified atom stereocenters. The second-order valence-electron chi connectivity index (χ2n) is 6.12. The third-order valence-corrected chi connectivity index (χ3v) is 4.21. The molecule has 0 saturated heterocycles. The molecule has 0 spiro atoms. The van der Waals surface area contributed by atoms with Crippen LogP contribution in [0, 0.1) is 6.92 Å². The van der Waals surface area contributed by atoms with Gasteiger partial charge in [0, 0.05) is 12.5 Å². The predicted molar refractivity (Wildman–Crippen MR) is 105 cm³/mol. The molecule has 1 atom stereocenters. The smallest absolute Gasteiger partial charge is 0.261 e. The zero-order chi connectivity index (χ0) is 17.6. The van der Waals surface area contributed by atoms with Gasteiger partial charge >= 0.3 is 0 Å². The number of likely N-dealkylation sites (N-methyl/N-ethyl adjacent to an activating group) is 1. The van der Waals surface area contributed by atoms with E-state index < -0.39 is 0 Å². The van der Waals surface area contributed by atoms with Gasteiger partial charge in [-0.2, -0.15) is 4.98 Å². The van der Waals surface area contributed by atoms with E-state index in [0.717, 1.165) is 16.9 Å². The van der Waals surface area contributed by atoms with Crippen molar-refractivity contribution in [1.29, 1.82) is 0 Å². The van der Waals surface area contributed by atoms with Crippen molar-refractivity contribution in [2.24, 2.45) is 0 Å². The highest BCUT2D eigenvalue weighted by atomic mass is 35.5. The summed E-state index contributed by atoms with van der Waals surface area (Å²) in [7, 11) is 1.92. The van der Waals surface area contributed by atoms with Gasteiger partial charge in [0.2, 0.25) is 0 Å². The summed E-state index contributed by atoms with van der Waals surface area (Å²) in [4.78, 5) is 4.50. The molecule has 1 aromatic heterocycles. The van der Waals surface area contributed by atoms with E-state index in [2.05, 4.69) is 41.4 Å². The van der Waals surface area contributed by atoms with Crippen LogP contribution in [0.3, 0.4) is 0 Å². The van der Waals surface area contributed by atoms with E-state index in [-0.39, 0.29) is 18.4 Å². The Balaban J connectivity index is 0.00000243. The summed E-state index contributed by atoms with van der Waals surface area (Å²) in [5, 5.41) is 7.24. The van der Waals surface area contributed by atoms with Gasteiger partial charge in [0.25, 0.3) is 5.89 Å². The van der Waals surface area contributed by atoms with Gasteiger partial charge in [-0.3, -0.25) is 0 Å². The average molecular weight is 374 g/mol. The number of hydrogen-bond acceptors (Lipinski definition) is 5. The number of benzene rings is 2. The molecule has 0 aliphatic rings. The summed E-state index contributed by atoms with van der Waals surface area (Å²) in [6, 6.07) is 16.2. The standard InChI is InChI=1S/C20H23N3O2.ClH/c1-14-8-4-5-9-16(14)13-24-18-11-7-6-10-17(18)20-22-19(23-25-20)12-15(2)21-3;/h4-11,15,21H,12-13H2,1-3H3;1H. The molecule has 138 valence electrons. The summed E-state index contributed by atoms with van der Waals surface area (Å²) in [6.45, 7) is 4.66. The maximum absolute atomic E-state index is 6.03. The van der Waals surface area contributed by atoms with E-state index >= 15 is 0 Å². The minimum absolute atomic E-state index is 0. The highest BCUT2D eigenvalue weighted by molar-refractivity contribution is 5.85. The third-order valence-electron chi connectivity index (χ3n) is 4.21. The number of aryl methyl sites for hydroxylation is 1. The normalized spacial score (nSPS) is 11.7. The van der Waals surface area contributed by atoms with Crippen molar-refractivity contribution < 1.29 is 9.26 Å². The van der Waals surface area contributed by atoms with Crippen LogP contribution in [-0.2, 0) is 13.0 Å². The monoisotopic (exact) mass is 373 g/mol. The molecular weight excluding hydrogens is 350 g/mol. The maximum Gasteiger partial charge on any atom is 0.261 e. The topological polar surface area (TPSA) is 60.2 Å². The molecule has 0 radical (unpaired) electrons. The Morgan fingerprint density at radius 2 is 1.85 bits per heavy atom. The second kappa shape index (κ2) is 9.36. The minimum Gasteiger partial charge on any atom is -0.488 e. The summed E-state index contributed by atoms with van der Waals surface area (Å²) in [6.07, 6.45) is 0.715. The van der Waals surface area contributed by atoms with Gasteiger partial charge in [-0.1, -0.05) is 41.6 Å². The van der Waals surface area contributed by atoms with Crippen LogP contribution < -0.4 is 10.1 Å². The molecule has 0 saturated carbocycles.